The molecule has 20 heavy (non-hydrogen) atoms. The first-order chi connectivity index (χ1) is 8.98. The third kappa shape index (κ3) is 6.12. The van der Waals surface area contributed by atoms with Crippen LogP contribution in [0.25, 0.3) is 0 Å². The predicted octanol–water partition coefficient (Wildman–Crippen LogP) is 1.74. The van der Waals surface area contributed by atoms with Crippen LogP contribution in [0.1, 0.15) is 20.3 Å². The van der Waals surface area contributed by atoms with Gasteiger partial charge in [0.15, 0.2) is 11.5 Å². The topological polar surface area (TPSA) is 73.6 Å². The summed E-state index contributed by atoms with van der Waals surface area (Å²) in [6.07, 6.45) is 0.279. The van der Waals surface area contributed by atoms with Crippen molar-refractivity contribution in [2.24, 2.45) is 5.73 Å². The molecule has 0 aliphatic rings. The zero-order chi connectivity index (χ0) is 14.3. The first-order valence-electron chi connectivity index (χ1n) is 6.25. The van der Waals surface area contributed by atoms with Gasteiger partial charge in [0, 0.05) is 12.1 Å². The zero-order valence-corrected chi connectivity index (χ0v) is 13.0. The Morgan fingerprint density at radius 1 is 1.30 bits per heavy atom. The van der Waals surface area contributed by atoms with Crippen molar-refractivity contribution in [2.45, 2.75) is 25.8 Å². The van der Waals surface area contributed by atoms with Gasteiger partial charge in [0.25, 0.3) is 0 Å². The number of rotatable bonds is 7. The maximum atomic E-state index is 11.7. The highest BCUT2D eigenvalue weighted by Gasteiger charge is 2.17. The van der Waals surface area contributed by atoms with E-state index in [0.29, 0.717) is 24.7 Å². The fraction of sp³-hybridized carbons (Fsp3) is 0.500. The van der Waals surface area contributed by atoms with Crippen LogP contribution in [0.4, 0.5) is 0 Å². The summed E-state index contributed by atoms with van der Waals surface area (Å²) in [7, 11) is 1.58. The van der Waals surface area contributed by atoms with Gasteiger partial charge in [0.2, 0.25) is 5.91 Å². The molecule has 0 saturated heterocycles. The highest BCUT2D eigenvalue weighted by molar-refractivity contribution is 5.85. The Morgan fingerprint density at radius 3 is 2.45 bits per heavy atom. The van der Waals surface area contributed by atoms with Crippen LogP contribution in [0.2, 0.25) is 0 Å². The number of methoxy groups -OCH3 is 1. The third-order valence-corrected chi connectivity index (χ3v) is 2.64. The number of nitrogens with two attached hydrogens (primary N) is 1. The van der Waals surface area contributed by atoms with Gasteiger partial charge in [-0.15, -0.1) is 12.4 Å². The fourth-order valence-corrected chi connectivity index (χ4v) is 1.48. The molecule has 0 saturated carbocycles. The number of ether oxygens (including phenoxy) is 2. The molecule has 0 bridgehead atoms. The van der Waals surface area contributed by atoms with Crippen LogP contribution >= 0.6 is 12.4 Å². The lowest BCUT2D eigenvalue weighted by Gasteiger charge is -2.24. The highest BCUT2D eigenvalue weighted by Crippen LogP contribution is 2.25. The zero-order valence-electron chi connectivity index (χ0n) is 12.1. The largest absolute Gasteiger partial charge is 0.493 e. The number of halogens is 1. The summed E-state index contributed by atoms with van der Waals surface area (Å²) in [5.74, 6) is 1.21. The number of carbonyl (C=O) groups excluding carboxylic acids is 1. The molecule has 3 N–H and O–H groups in total. The van der Waals surface area contributed by atoms with Crippen molar-refractivity contribution >= 4 is 18.3 Å². The lowest BCUT2D eigenvalue weighted by Crippen LogP contribution is -2.49. The lowest BCUT2D eigenvalue weighted by molar-refractivity contribution is -0.123. The van der Waals surface area contributed by atoms with Crippen LogP contribution in [0.5, 0.6) is 11.5 Å². The molecule has 5 nitrogen and oxygen atoms in total. The van der Waals surface area contributed by atoms with E-state index in [-0.39, 0.29) is 30.3 Å². The Labute approximate surface area is 126 Å². The number of nitrogens with one attached hydrogen (secondary N) is 1. The van der Waals surface area contributed by atoms with Gasteiger partial charge in [-0.3, -0.25) is 4.79 Å². The fourth-order valence-electron chi connectivity index (χ4n) is 1.48. The van der Waals surface area contributed by atoms with Gasteiger partial charge in [-0.05, 0) is 26.0 Å². The molecular formula is C14H23ClN2O3. The molecule has 1 aromatic rings. The molecule has 0 atom stereocenters. The molecule has 0 radical (unpaired) electrons. The van der Waals surface area contributed by atoms with Gasteiger partial charge < -0.3 is 20.5 Å². The van der Waals surface area contributed by atoms with Gasteiger partial charge in [0.1, 0.15) is 0 Å². The molecule has 0 aliphatic carbocycles. The predicted molar refractivity (Wildman–Crippen MR) is 81.6 cm³/mol. The summed E-state index contributed by atoms with van der Waals surface area (Å²) >= 11 is 0. The van der Waals surface area contributed by atoms with E-state index in [4.69, 9.17) is 15.2 Å². The van der Waals surface area contributed by atoms with E-state index >= 15 is 0 Å². The van der Waals surface area contributed by atoms with Crippen LogP contribution < -0.4 is 20.5 Å². The van der Waals surface area contributed by atoms with E-state index in [2.05, 4.69) is 5.32 Å². The van der Waals surface area contributed by atoms with Crippen LogP contribution in [-0.2, 0) is 4.79 Å². The minimum Gasteiger partial charge on any atom is -0.493 e. The highest BCUT2D eigenvalue weighted by atomic mass is 35.5. The number of benzene rings is 1. The van der Waals surface area contributed by atoms with Crippen molar-refractivity contribution in [3.63, 3.8) is 0 Å². The second kappa shape index (κ2) is 8.66. The summed E-state index contributed by atoms with van der Waals surface area (Å²) in [6, 6.07) is 7.34. The summed E-state index contributed by atoms with van der Waals surface area (Å²) in [5, 5.41) is 2.85. The molecule has 1 rings (SSSR count). The van der Waals surface area contributed by atoms with Gasteiger partial charge in [-0.2, -0.15) is 0 Å². The maximum absolute atomic E-state index is 11.7. The van der Waals surface area contributed by atoms with Crippen molar-refractivity contribution in [3.05, 3.63) is 24.3 Å². The average molecular weight is 303 g/mol. The number of carbonyl (C=O) groups is 1. The van der Waals surface area contributed by atoms with E-state index in [1.165, 1.54) is 0 Å². The summed E-state index contributed by atoms with van der Waals surface area (Å²) in [5.41, 5.74) is 5.16. The van der Waals surface area contributed by atoms with Crippen molar-refractivity contribution < 1.29 is 14.3 Å². The van der Waals surface area contributed by atoms with Gasteiger partial charge in [0.05, 0.1) is 20.1 Å². The van der Waals surface area contributed by atoms with E-state index in [1.54, 1.807) is 13.2 Å². The van der Waals surface area contributed by atoms with E-state index in [9.17, 15) is 4.79 Å². The monoisotopic (exact) mass is 302 g/mol. The van der Waals surface area contributed by atoms with E-state index in [1.807, 2.05) is 32.0 Å². The SMILES string of the molecule is COc1ccccc1OCCC(=O)NC(C)(C)CN.Cl. The number of amides is 1. The Bertz CT molecular complexity index is 425. The molecule has 6 heteroatoms. The molecule has 0 fully saturated rings. The number of para-hydroxylation sites is 2. The molecule has 0 aliphatic heterocycles. The van der Waals surface area contributed by atoms with Crippen molar-refractivity contribution in [3.8, 4) is 11.5 Å². The van der Waals surface area contributed by atoms with Crippen molar-refractivity contribution in [2.75, 3.05) is 20.3 Å². The van der Waals surface area contributed by atoms with Crippen LogP contribution in [0, 0.1) is 0 Å². The molecule has 114 valence electrons. The van der Waals surface area contributed by atoms with Gasteiger partial charge in [-0.25, -0.2) is 0 Å². The maximum Gasteiger partial charge on any atom is 0.223 e. The Morgan fingerprint density at radius 2 is 1.90 bits per heavy atom. The minimum absolute atomic E-state index is 0. The average Bonchev–Trinajstić information content (AvgIpc) is 2.38. The third-order valence-electron chi connectivity index (χ3n) is 2.64. The van der Waals surface area contributed by atoms with Crippen molar-refractivity contribution in [1.82, 2.24) is 5.32 Å². The van der Waals surface area contributed by atoms with Crippen LogP contribution in [-0.4, -0.2) is 31.7 Å². The standard InChI is InChI=1S/C14H22N2O3.ClH/c1-14(2,10-15)16-13(17)8-9-19-12-7-5-4-6-11(12)18-3;/h4-7H,8-10,15H2,1-3H3,(H,16,17);1H. The number of hydrogen-bond acceptors (Lipinski definition) is 4. The van der Waals surface area contributed by atoms with Gasteiger partial charge >= 0.3 is 0 Å². The first-order valence-corrected chi connectivity index (χ1v) is 6.25. The quantitative estimate of drug-likeness (QED) is 0.804. The van der Waals surface area contributed by atoms with Crippen LogP contribution in [0.3, 0.4) is 0 Å². The molecule has 1 amide bonds. The Hall–Kier alpha value is -1.46. The lowest BCUT2D eigenvalue weighted by atomic mass is 10.1. The molecule has 0 spiro atoms. The molecular weight excluding hydrogens is 280 g/mol. The van der Waals surface area contributed by atoms with E-state index < -0.39 is 0 Å². The molecule has 0 heterocycles. The normalized spacial score (nSPS) is 10.4. The molecule has 1 aromatic carbocycles. The van der Waals surface area contributed by atoms with Crippen LogP contribution in [0.15, 0.2) is 24.3 Å². The minimum atomic E-state index is -0.387. The van der Waals surface area contributed by atoms with Gasteiger partial charge in [-0.1, -0.05) is 12.1 Å². The Kier molecular flexibility index (Phi) is 8.03. The number of hydrogen-bond donors (Lipinski definition) is 2. The molecule has 0 aromatic heterocycles. The summed E-state index contributed by atoms with van der Waals surface area (Å²) in [4.78, 5) is 11.7. The second-order valence-corrected chi connectivity index (χ2v) is 4.89. The smallest absolute Gasteiger partial charge is 0.223 e. The first kappa shape index (κ1) is 18.5. The van der Waals surface area contributed by atoms with E-state index in [0.717, 1.165) is 0 Å². The molecule has 0 unspecified atom stereocenters. The Balaban J connectivity index is 0.00000361. The van der Waals surface area contributed by atoms with Crippen molar-refractivity contribution in [1.29, 1.82) is 0 Å². The second-order valence-electron chi connectivity index (χ2n) is 4.89. The summed E-state index contributed by atoms with van der Waals surface area (Å²) in [6.45, 7) is 4.46. The summed E-state index contributed by atoms with van der Waals surface area (Å²) < 4.78 is 10.7.